The van der Waals surface area contributed by atoms with Gasteiger partial charge in [0.2, 0.25) is 0 Å². The van der Waals surface area contributed by atoms with Crippen molar-refractivity contribution in [1.29, 1.82) is 0 Å². The maximum atomic E-state index is 6.17. The molecular formula is C16H12Cl2. The summed E-state index contributed by atoms with van der Waals surface area (Å²) in [6, 6.07) is 14.9. The SMILES string of the molecule is Clc1ccc(C23CCC2c2ccccc23)cc1Cl. The van der Waals surface area contributed by atoms with Crippen molar-refractivity contribution in [2.75, 3.05) is 0 Å². The van der Waals surface area contributed by atoms with Crippen molar-refractivity contribution in [1.82, 2.24) is 0 Å². The maximum absolute atomic E-state index is 6.17. The second-order valence-electron chi connectivity index (χ2n) is 5.28. The van der Waals surface area contributed by atoms with Crippen molar-refractivity contribution in [2.45, 2.75) is 24.2 Å². The van der Waals surface area contributed by atoms with Gasteiger partial charge in [0.05, 0.1) is 10.0 Å². The van der Waals surface area contributed by atoms with Gasteiger partial charge < -0.3 is 0 Å². The van der Waals surface area contributed by atoms with Gasteiger partial charge in [0.1, 0.15) is 0 Å². The van der Waals surface area contributed by atoms with Crippen LogP contribution in [0.25, 0.3) is 0 Å². The second kappa shape index (κ2) is 3.53. The van der Waals surface area contributed by atoms with Crippen LogP contribution >= 0.6 is 23.2 Å². The van der Waals surface area contributed by atoms with Gasteiger partial charge >= 0.3 is 0 Å². The van der Waals surface area contributed by atoms with Gasteiger partial charge in [0.25, 0.3) is 0 Å². The predicted molar refractivity (Wildman–Crippen MR) is 75.7 cm³/mol. The van der Waals surface area contributed by atoms with Crippen molar-refractivity contribution in [3.05, 3.63) is 69.2 Å². The molecule has 0 radical (unpaired) electrons. The van der Waals surface area contributed by atoms with Crippen LogP contribution in [-0.2, 0) is 5.41 Å². The van der Waals surface area contributed by atoms with E-state index in [2.05, 4.69) is 30.3 Å². The quantitative estimate of drug-likeness (QED) is 0.673. The minimum atomic E-state index is 0.227. The highest BCUT2D eigenvalue weighted by Gasteiger charge is 2.58. The van der Waals surface area contributed by atoms with E-state index in [-0.39, 0.29) is 5.41 Å². The van der Waals surface area contributed by atoms with Crippen LogP contribution in [0.4, 0.5) is 0 Å². The molecule has 2 aliphatic rings. The van der Waals surface area contributed by atoms with Crippen molar-refractivity contribution in [2.24, 2.45) is 0 Å². The fourth-order valence-corrected chi connectivity index (χ4v) is 4.02. The molecule has 18 heavy (non-hydrogen) atoms. The minimum Gasteiger partial charge on any atom is -0.0827 e. The number of hydrogen-bond donors (Lipinski definition) is 0. The molecule has 0 bridgehead atoms. The van der Waals surface area contributed by atoms with Gasteiger partial charge in [0, 0.05) is 5.41 Å². The molecular weight excluding hydrogens is 263 g/mol. The zero-order valence-electron chi connectivity index (χ0n) is 9.79. The molecule has 0 amide bonds. The molecule has 0 aromatic heterocycles. The molecule has 1 fully saturated rings. The second-order valence-corrected chi connectivity index (χ2v) is 6.09. The van der Waals surface area contributed by atoms with E-state index >= 15 is 0 Å². The van der Waals surface area contributed by atoms with Crippen molar-refractivity contribution >= 4 is 23.2 Å². The van der Waals surface area contributed by atoms with E-state index in [0.717, 1.165) is 0 Å². The Morgan fingerprint density at radius 2 is 1.83 bits per heavy atom. The Bertz CT molecular complexity index is 647. The van der Waals surface area contributed by atoms with Gasteiger partial charge in [0.15, 0.2) is 0 Å². The molecule has 90 valence electrons. The number of rotatable bonds is 1. The summed E-state index contributed by atoms with van der Waals surface area (Å²) < 4.78 is 0. The number of hydrogen-bond acceptors (Lipinski definition) is 0. The number of fused-ring (bicyclic) bond motifs is 4. The molecule has 2 aromatic rings. The average molecular weight is 275 g/mol. The molecule has 0 spiro atoms. The zero-order valence-corrected chi connectivity index (χ0v) is 11.3. The van der Waals surface area contributed by atoms with Crippen LogP contribution < -0.4 is 0 Å². The molecule has 0 heterocycles. The van der Waals surface area contributed by atoms with E-state index < -0.39 is 0 Å². The van der Waals surface area contributed by atoms with Gasteiger partial charge in [-0.1, -0.05) is 53.5 Å². The smallest absolute Gasteiger partial charge is 0.0595 e. The zero-order chi connectivity index (χ0) is 12.3. The molecule has 2 heteroatoms. The first kappa shape index (κ1) is 10.9. The first-order valence-electron chi connectivity index (χ1n) is 6.28. The Balaban J connectivity index is 1.89. The van der Waals surface area contributed by atoms with E-state index in [0.29, 0.717) is 16.0 Å². The van der Waals surface area contributed by atoms with Crippen molar-refractivity contribution in [3.63, 3.8) is 0 Å². The first-order chi connectivity index (χ1) is 8.73. The fourth-order valence-electron chi connectivity index (χ4n) is 3.72. The fraction of sp³-hybridized carbons (Fsp3) is 0.250. The molecule has 2 unspecified atom stereocenters. The maximum Gasteiger partial charge on any atom is 0.0595 e. The summed E-state index contributed by atoms with van der Waals surface area (Å²) in [4.78, 5) is 0. The Hall–Kier alpha value is -0.980. The summed E-state index contributed by atoms with van der Waals surface area (Å²) in [6.07, 6.45) is 2.52. The molecule has 2 aliphatic carbocycles. The lowest BCUT2D eigenvalue weighted by atomic mass is 9.43. The molecule has 0 saturated heterocycles. The molecule has 0 nitrogen and oxygen atoms in total. The van der Waals surface area contributed by atoms with E-state index in [1.54, 1.807) is 0 Å². The molecule has 0 N–H and O–H groups in total. The average Bonchev–Trinajstić information content (AvgIpc) is 2.35. The lowest BCUT2D eigenvalue weighted by Gasteiger charge is -2.60. The van der Waals surface area contributed by atoms with E-state index in [1.807, 2.05) is 12.1 Å². The monoisotopic (exact) mass is 274 g/mol. The van der Waals surface area contributed by atoms with Crippen LogP contribution in [0.15, 0.2) is 42.5 Å². The lowest BCUT2D eigenvalue weighted by molar-refractivity contribution is 0.192. The van der Waals surface area contributed by atoms with E-state index in [4.69, 9.17) is 23.2 Å². The van der Waals surface area contributed by atoms with E-state index in [9.17, 15) is 0 Å². The third kappa shape index (κ3) is 1.13. The summed E-state index contributed by atoms with van der Waals surface area (Å²) in [5.41, 5.74) is 4.56. The number of halogens is 2. The van der Waals surface area contributed by atoms with Crippen LogP contribution in [0.3, 0.4) is 0 Å². The highest BCUT2D eigenvalue weighted by Crippen LogP contribution is 2.67. The third-order valence-corrected chi connectivity index (χ3v) is 5.41. The molecule has 1 saturated carbocycles. The van der Waals surface area contributed by atoms with Crippen molar-refractivity contribution in [3.8, 4) is 0 Å². The highest BCUT2D eigenvalue weighted by molar-refractivity contribution is 6.42. The van der Waals surface area contributed by atoms with Crippen molar-refractivity contribution < 1.29 is 0 Å². The highest BCUT2D eigenvalue weighted by atomic mass is 35.5. The largest absolute Gasteiger partial charge is 0.0827 e. The predicted octanol–water partition coefficient (Wildman–Crippen LogP) is 5.17. The Morgan fingerprint density at radius 3 is 2.56 bits per heavy atom. The van der Waals surface area contributed by atoms with Gasteiger partial charge in [-0.25, -0.2) is 0 Å². The van der Waals surface area contributed by atoms with Gasteiger partial charge in [-0.15, -0.1) is 0 Å². The lowest BCUT2D eigenvalue weighted by Crippen LogP contribution is -2.52. The topological polar surface area (TPSA) is 0 Å². The van der Waals surface area contributed by atoms with Crippen LogP contribution in [0.2, 0.25) is 10.0 Å². The standard InChI is InChI=1S/C16H12Cl2/c17-14-6-5-10(9-15(14)18)16-8-7-13(16)11-3-1-2-4-12(11)16/h1-6,9,13H,7-8H2. The van der Waals surface area contributed by atoms with E-state index in [1.165, 1.54) is 29.5 Å². The summed E-state index contributed by atoms with van der Waals surface area (Å²) in [7, 11) is 0. The summed E-state index contributed by atoms with van der Waals surface area (Å²) in [6.45, 7) is 0. The van der Waals surface area contributed by atoms with Crippen LogP contribution in [-0.4, -0.2) is 0 Å². The molecule has 2 atom stereocenters. The number of benzene rings is 2. The summed E-state index contributed by atoms with van der Waals surface area (Å²) in [5.74, 6) is 0.686. The van der Waals surface area contributed by atoms with Crippen LogP contribution in [0, 0.1) is 0 Å². The van der Waals surface area contributed by atoms with Gasteiger partial charge in [-0.2, -0.15) is 0 Å². The van der Waals surface area contributed by atoms with Crippen LogP contribution in [0.1, 0.15) is 35.4 Å². The Labute approximate surface area is 117 Å². The third-order valence-electron chi connectivity index (χ3n) is 4.67. The summed E-state index contributed by atoms with van der Waals surface area (Å²) >= 11 is 12.2. The Morgan fingerprint density at radius 1 is 1.00 bits per heavy atom. The van der Waals surface area contributed by atoms with Gasteiger partial charge in [-0.05, 0) is 47.6 Å². The van der Waals surface area contributed by atoms with Crippen LogP contribution in [0.5, 0.6) is 0 Å². The molecule has 2 aromatic carbocycles. The Kier molecular flexibility index (Phi) is 2.13. The minimum absolute atomic E-state index is 0.227. The summed E-state index contributed by atoms with van der Waals surface area (Å²) in [5, 5.41) is 1.30. The molecule has 4 rings (SSSR count). The van der Waals surface area contributed by atoms with Gasteiger partial charge in [-0.3, -0.25) is 0 Å². The molecule has 0 aliphatic heterocycles. The normalized spacial score (nSPS) is 27.8. The first-order valence-corrected chi connectivity index (χ1v) is 7.04.